The zero-order chi connectivity index (χ0) is 11.3. The number of rotatable bonds is 4. The maximum absolute atomic E-state index is 6.00. The molecule has 0 saturated heterocycles. The molecule has 1 aromatic heterocycles. The van der Waals surface area contributed by atoms with Crippen molar-refractivity contribution >= 4 is 17.4 Å². The minimum atomic E-state index is 0.532. The largest absolute Gasteiger partial charge is 0.366 e. The van der Waals surface area contributed by atoms with Crippen LogP contribution < -0.4 is 5.32 Å². The molecule has 0 unspecified atom stereocenters. The van der Waals surface area contributed by atoms with E-state index < -0.39 is 0 Å². The van der Waals surface area contributed by atoms with Crippen molar-refractivity contribution in [3.8, 4) is 0 Å². The number of aryl methyl sites for hydroxylation is 1. The van der Waals surface area contributed by atoms with E-state index in [9.17, 15) is 0 Å². The van der Waals surface area contributed by atoms with Crippen LogP contribution in [0.4, 0.5) is 5.82 Å². The first kappa shape index (κ1) is 12.0. The van der Waals surface area contributed by atoms with Crippen LogP contribution in [0.15, 0.2) is 12.2 Å². The molecule has 0 atom stereocenters. The molecular formula is C11H16ClN3. The number of aromatic nitrogens is 2. The Hall–Kier alpha value is -1.09. The summed E-state index contributed by atoms with van der Waals surface area (Å²) in [4.78, 5) is 8.56. The van der Waals surface area contributed by atoms with Crippen LogP contribution in [0.2, 0.25) is 5.15 Å². The zero-order valence-corrected chi connectivity index (χ0v) is 10.1. The van der Waals surface area contributed by atoms with E-state index in [2.05, 4.69) is 15.3 Å². The van der Waals surface area contributed by atoms with Gasteiger partial charge in [0.05, 0.1) is 0 Å². The molecule has 0 aliphatic rings. The first-order valence-corrected chi connectivity index (χ1v) is 5.44. The second-order valence-electron chi connectivity index (χ2n) is 3.21. The summed E-state index contributed by atoms with van der Waals surface area (Å²) in [5.74, 6) is 1.60. The van der Waals surface area contributed by atoms with Gasteiger partial charge < -0.3 is 5.32 Å². The van der Waals surface area contributed by atoms with Crippen molar-refractivity contribution in [1.29, 1.82) is 0 Å². The van der Waals surface area contributed by atoms with Gasteiger partial charge in [0.2, 0.25) is 0 Å². The van der Waals surface area contributed by atoms with Crippen LogP contribution in [-0.4, -0.2) is 16.5 Å². The van der Waals surface area contributed by atoms with Crippen molar-refractivity contribution < 1.29 is 0 Å². The highest BCUT2D eigenvalue weighted by atomic mass is 35.5. The first-order chi connectivity index (χ1) is 7.19. The normalized spacial score (nSPS) is 10.9. The summed E-state index contributed by atoms with van der Waals surface area (Å²) in [6.07, 6.45) is 4.81. The third kappa shape index (κ3) is 3.20. The molecule has 0 aromatic carbocycles. The summed E-state index contributed by atoms with van der Waals surface area (Å²) >= 11 is 6.00. The maximum Gasteiger partial charge on any atom is 0.137 e. The lowest BCUT2D eigenvalue weighted by molar-refractivity contribution is 0.929. The molecule has 0 bridgehead atoms. The molecule has 0 spiro atoms. The lowest BCUT2D eigenvalue weighted by Crippen LogP contribution is -2.06. The zero-order valence-electron chi connectivity index (χ0n) is 9.34. The van der Waals surface area contributed by atoms with Gasteiger partial charge in [-0.15, -0.1) is 0 Å². The summed E-state index contributed by atoms with van der Waals surface area (Å²) in [5, 5.41) is 3.74. The van der Waals surface area contributed by atoms with E-state index >= 15 is 0 Å². The third-order valence-electron chi connectivity index (χ3n) is 2.07. The predicted octanol–water partition coefficient (Wildman–Crippen LogP) is 2.99. The van der Waals surface area contributed by atoms with Gasteiger partial charge in [-0.2, -0.15) is 0 Å². The number of hydrogen-bond donors (Lipinski definition) is 1. The molecule has 4 heteroatoms. The summed E-state index contributed by atoms with van der Waals surface area (Å²) in [6.45, 7) is 6.67. The second-order valence-corrected chi connectivity index (χ2v) is 3.57. The van der Waals surface area contributed by atoms with Crippen LogP contribution >= 0.6 is 11.6 Å². The standard InChI is InChI=1S/C11H16ClN3/c1-4-6-7-13-11-8(3)10(12)14-9(5-2)15-11/h4,6H,5,7H2,1-3H3,(H,13,14,15)/b6-4+. The Morgan fingerprint density at radius 1 is 1.40 bits per heavy atom. The number of hydrogen-bond acceptors (Lipinski definition) is 3. The fourth-order valence-electron chi connectivity index (χ4n) is 1.14. The Bertz CT molecular complexity index is 361. The summed E-state index contributed by atoms with van der Waals surface area (Å²) in [7, 11) is 0. The molecule has 0 aliphatic heterocycles. The molecule has 82 valence electrons. The van der Waals surface area contributed by atoms with Gasteiger partial charge in [0, 0.05) is 18.5 Å². The fraction of sp³-hybridized carbons (Fsp3) is 0.455. The van der Waals surface area contributed by atoms with Crippen molar-refractivity contribution in [2.45, 2.75) is 27.2 Å². The minimum Gasteiger partial charge on any atom is -0.366 e. The van der Waals surface area contributed by atoms with Crippen molar-refractivity contribution in [3.05, 3.63) is 28.7 Å². The number of nitrogens with one attached hydrogen (secondary N) is 1. The Morgan fingerprint density at radius 3 is 2.73 bits per heavy atom. The Morgan fingerprint density at radius 2 is 2.13 bits per heavy atom. The third-order valence-corrected chi connectivity index (χ3v) is 2.44. The molecular weight excluding hydrogens is 210 g/mol. The van der Waals surface area contributed by atoms with E-state index in [1.165, 1.54) is 0 Å². The summed E-state index contributed by atoms with van der Waals surface area (Å²) in [6, 6.07) is 0. The highest BCUT2D eigenvalue weighted by Crippen LogP contribution is 2.19. The highest BCUT2D eigenvalue weighted by molar-refractivity contribution is 6.30. The van der Waals surface area contributed by atoms with Gasteiger partial charge in [0.1, 0.15) is 16.8 Å². The average molecular weight is 226 g/mol. The smallest absolute Gasteiger partial charge is 0.137 e. The lowest BCUT2D eigenvalue weighted by Gasteiger charge is -2.09. The molecule has 1 heterocycles. The molecule has 1 rings (SSSR count). The number of anilines is 1. The van der Waals surface area contributed by atoms with E-state index in [1.807, 2.05) is 32.9 Å². The number of allylic oxidation sites excluding steroid dienone is 1. The quantitative estimate of drug-likeness (QED) is 0.633. The van der Waals surface area contributed by atoms with Gasteiger partial charge in [-0.05, 0) is 13.8 Å². The van der Waals surface area contributed by atoms with E-state index in [0.29, 0.717) is 5.15 Å². The SMILES string of the molecule is C/C=C/CNc1nc(CC)nc(Cl)c1C. The Balaban J connectivity index is 2.89. The van der Waals surface area contributed by atoms with Crippen LogP contribution in [0, 0.1) is 6.92 Å². The van der Waals surface area contributed by atoms with Crippen molar-refractivity contribution in [1.82, 2.24) is 9.97 Å². The summed E-state index contributed by atoms with van der Waals surface area (Å²) in [5.41, 5.74) is 0.901. The molecule has 0 saturated carbocycles. The van der Waals surface area contributed by atoms with Crippen LogP contribution in [-0.2, 0) is 6.42 Å². The Kier molecular flexibility index (Phi) is 4.56. The lowest BCUT2D eigenvalue weighted by atomic mass is 10.3. The van der Waals surface area contributed by atoms with Crippen LogP contribution in [0.1, 0.15) is 25.2 Å². The first-order valence-electron chi connectivity index (χ1n) is 5.07. The van der Waals surface area contributed by atoms with E-state index in [-0.39, 0.29) is 0 Å². The maximum atomic E-state index is 6.00. The predicted molar refractivity (Wildman–Crippen MR) is 64.5 cm³/mol. The molecule has 0 amide bonds. The molecule has 3 nitrogen and oxygen atoms in total. The van der Waals surface area contributed by atoms with Crippen LogP contribution in [0.25, 0.3) is 0 Å². The van der Waals surface area contributed by atoms with E-state index in [1.54, 1.807) is 0 Å². The second kappa shape index (κ2) is 5.71. The van der Waals surface area contributed by atoms with Gasteiger partial charge in [0.25, 0.3) is 0 Å². The number of halogens is 1. The van der Waals surface area contributed by atoms with E-state index in [0.717, 1.165) is 30.2 Å². The van der Waals surface area contributed by atoms with Gasteiger partial charge in [-0.1, -0.05) is 30.7 Å². The van der Waals surface area contributed by atoms with Crippen molar-refractivity contribution in [3.63, 3.8) is 0 Å². The molecule has 0 radical (unpaired) electrons. The molecule has 0 fully saturated rings. The molecule has 1 aromatic rings. The van der Waals surface area contributed by atoms with Gasteiger partial charge in [0.15, 0.2) is 0 Å². The number of nitrogens with zero attached hydrogens (tertiary/aromatic N) is 2. The van der Waals surface area contributed by atoms with Crippen LogP contribution in [0.3, 0.4) is 0 Å². The topological polar surface area (TPSA) is 37.8 Å². The molecule has 1 N–H and O–H groups in total. The van der Waals surface area contributed by atoms with Crippen molar-refractivity contribution in [2.75, 3.05) is 11.9 Å². The average Bonchev–Trinajstić information content (AvgIpc) is 2.24. The van der Waals surface area contributed by atoms with Crippen LogP contribution in [0.5, 0.6) is 0 Å². The highest BCUT2D eigenvalue weighted by Gasteiger charge is 2.07. The Labute approximate surface area is 95.6 Å². The van der Waals surface area contributed by atoms with Gasteiger partial charge in [-0.3, -0.25) is 0 Å². The minimum absolute atomic E-state index is 0.532. The summed E-state index contributed by atoms with van der Waals surface area (Å²) < 4.78 is 0. The molecule has 15 heavy (non-hydrogen) atoms. The van der Waals surface area contributed by atoms with Crippen molar-refractivity contribution in [2.24, 2.45) is 0 Å². The van der Waals surface area contributed by atoms with Gasteiger partial charge in [-0.25, -0.2) is 9.97 Å². The van der Waals surface area contributed by atoms with E-state index in [4.69, 9.17) is 11.6 Å². The monoisotopic (exact) mass is 225 g/mol. The fourth-order valence-corrected chi connectivity index (χ4v) is 1.32. The molecule has 0 aliphatic carbocycles. The van der Waals surface area contributed by atoms with Gasteiger partial charge >= 0.3 is 0 Å².